The molecule has 0 spiro atoms. The Bertz CT molecular complexity index is 491. The number of methoxy groups -OCH3 is 1. The van der Waals surface area contributed by atoms with Crippen molar-refractivity contribution in [3.63, 3.8) is 0 Å². The lowest BCUT2D eigenvalue weighted by Crippen LogP contribution is -2.19. The fraction of sp³-hybridized carbons (Fsp3) is 0.533. The summed E-state index contributed by atoms with van der Waals surface area (Å²) in [6, 6.07) is 3.30. The van der Waals surface area contributed by atoms with Crippen LogP contribution >= 0.6 is 11.6 Å². The second-order valence-corrected chi connectivity index (χ2v) is 5.92. The van der Waals surface area contributed by atoms with E-state index in [0.717, 1.165) is 5.56 Å². The molecule has 0 aliphatic heterocycles. The summed E-state index contributed by atoms with van der Waals surface area (Å²) in [6.07, 6.45) is -1.41. The summed E-state index contributed by atoms with van der Waals surface area (Å²) in [5.74, 6) is -0.254. The van der Waals surface area contributed by atoms with Gasteiger partial charge >= 0.3 is 5.97 Å². The lowest BCUT2D eigenvalue weighted by Gasteiger charge is -2.25. The van der Waals surface area contributed by atoms with Gasteiger partial charge < -0.3 is 14.6 Å². The van der Waals surface area contributed by atoms with Gasteiger partial charge in [0.05, 0.1) is 13.7 Å². The second kappa shape index (κ2) is 6.46. The third-order valence-corrected chi connectivity index (χ3v) is 3.12. The van der Waals surface area contributed by atoms with Crippen molar-refractivity contribution >= 4 is 17.6 Å². The number of carbonyl (C=O) groups is 1. The smallest absolute Gasteiger partial charge is 0.339 e. The van der Waals surface area contributed by atoms with E-state index in [1.54, 1.807) is 13.0 Å². The van der Waals surface area contributed by atoms with Crippen LogP contribution in [0, 0.1) is 0 Å². The minimum Gasteiger partial charge on any atom is -0.496 e. The van der Waals surface area contributed by atoms with E-state index in [4.69, 9.17) is 21.1 Å². The molecule has 0 aliphatic rings. The Balaban J connectivity index is 3.39. The molecule has 1 unspecified atom stereocenters. The number of benzene rings is 1. The van der Waals surface area contributed by atoms with Gasteiger partial charge in [-0.3, -0.25) is 0 Å². The van der Waals surface area contributed by atoms with Crippen LogP contribution in [0.2, 0.25) is 5.02 Å². The Morgan fingerprint density at radius 2 is 2.00 bits per heavy atom. The van der Waals surface area contributed by atoms with E-state index < -0.39 is 12.1 Å². The predicted molar refractivity (Wildman–Crippen MR) is 78.3 cm³/mol. The summed E-state index contributed by atoms with van der Waals surface area (Å²) in [5, 5.41) is 10.6. The maximum atomic E-state index is 11.7. The average molecular weight is 301 g/mol. The molecule has 0 aliphatic carbocycles. The van der Waals surface area contributed by atoms with Crippen LogP contribution in [0.25, 0.3) is 0 Å². The van der Waals surface area contributed by atoms with Crippen LogP contribution in [0.4, 0.5) is 0 Å². The van der Waals surface area contributed by atoms with E-state index in [0.29, 0.717) is 16.3 Å². The fourth-order valence-corrected chi connectivity index (χ4v) is 2.18. The number of esters is 1. The molecule has 1 aromatic carbocycles. The highest BCUT2D eigenvalue weighted by atomic mass is 35.5. The van der Waals surface area contributed by atoms with E-state index in [1.807, 2.05) is 20.8 Å². The highest BCUT2D eigenvalue weighted by Crippen LogP contribution is 2.39. The minimum absolute atomic E-state index is 0.199. The van der Waals surface area contributed by atoms with Gasteiger partial charge in [0.2, 0.25) is 0 Å². The first kappa shape index (κ1) is 16.8. The van der Waals surface area contributed by atoms with Crippen LogP contribution in [0.1, 0.15) is 44.9 Å². The standard InChI is InChI=1S/C15H21ClO4/c1-6-20-14(18)12(17)10-7-9(16)8-11(13(10)19-5)15(2,3)4/h7-8,12,17H,6H2,1-5H3. The molecule has 0 amide bonds. The van der Waals surface area contributed by atoms with Gasteiger partial charge in [0, 0.05) is 16.1 Å². The predicted octanol–water partition coefficient (Wildman–Crippen LogP) is 3.24. The molecule has 5 heteroatoms. The quantitative estimate of drug-likeness (QED) is 0.867. The van der Waals surface area contributed by atoms with Crippen LogP contribution in [0.3, 0.4) is 0 Å². The van der Waals surface area contributed by atoms with Crippen molar-refractivity contribution in [1.29, 1.82) is 0 Å². The van der Waals surface area contributed by atoms with E-state index in [9.17, 15) is 9.90 Å². The normalized spacial score (nSPS) is 12.9. The van der Waals surface area contributed by atoms with Crippen LogP contribution in [-0.2, 0) is 14.9 Å². The van der Waals surface area contributed by atoms with Gasteiger partial charge in [0.25, 0.3) is 0 Å². The summed E-state index contributed by atoms with van der Waals surface area (Å²) in [6.45, 7) is 7.89. The van der Waals surface area contributed by atoms with Crippen LogP contribution < -0.4 is 4.74 Å². The largest absolute Gasteiger partial charge is 0.496 e. The molecule has 112 valence electrons. The van der Waals surface area contributed by atoms with E-state index in [1.165, 1.54) is 13.2 Å². The van der Waals surface area contributed by atoms with E-state index in [2.05, 4.69) is 0 Å². The van der Waals surface area contributed by atoms with E-state index >= 15 is 0 Å². The molecule has 20 heavy (non-hydrogen) atoms. The third kappa shape index (κ3) is 3.64. The molecule has 1 atom stereocenters. The summed E-state index contributed by atoms with van der Waals surface area (Å²) in [4.78, 5) is 11.7. The van der Waals surface area contributed by atoms with Crippen molar-refractivity contribution < 1.29 is 19.4 Å². The highest BCUT2D eigenvalue weighted by Gasteiger charge is 2.28. The molecule has 1 rings (SSSR count). The number of ether oxygens (including phenoxy) is 2. The zero-order chi connectivity index (χ0) is 15.5. The van der Waals surface area contributed by atoms with Crippen LogP contribution in [-0.4, -0.2) is 24.8 Å². The third-order valence-electron chi connectivity index (χ3n) is 2.90. The van der Waals surface area contributed by atoms with Gasteiger partial charge in [-0.1, -0.05) is 32.4 Å². The Labute approximate surface area is 124 Å². The monoisotopic (exact) mass is 300 g/mol. The van der Waals surface area contributed by atoms with Gasteiger partial charge in [0.15, 0.2) is 6.10 Å². The molecule has 0 saturated carbocycles. The van der Waals surface area contributed by atoms with Gasteiger partial charge in [-0.05, 0) is 24.5 Å². The average Bonchev–Trinajstić information content (AvgIpc) is 2.36. The van der Waals surface area contributed by atoms with Crippen molar-refractivity contribution in [1.82, 2.24) is 0 Å². The van der Waals surface area contributed by atoms with Crippen molar-refractivity contribution in [2.75, 3.05) is 13.7 Å². The molecule has 0 saturated heterocycles. The second-order valence-electron chi connectivity index (χ2n) is 5.48. The number of aliphatic hydroxyl groups is 1. The van der Waals surface area contributed by atoms with Crippen LogP contribution in [0.5, 0.6) is 5.75 Å². The Morgan fingerprint density at radius 3 is 2.45 bits per heavy atom. The molecule has 1 aromatic rings. The highest BCUT2D eigenvalue weighted by molar-refractivity contribution is 6.30. The van der Waals surface area contributed by atoms with Crippen molar-refractivity contribution in [3.8, 4) is 5.75 Å². The van der Waals surface area contributed by atoms with Crippen molar-refractivity contribution in [3.05, 3.63) is 28.3 Å². The maximum Gasteiger partial charge on any atom is 0.339 e. The minimum atomic E-state index is -1.41. The van der Waals surface area contributed by atoms with Gasteiger partial charge in [-0.25, -0.2) is 4.79 Å². The molecule has 0 bridgehead atoms. The molecule has 0 radical (unpaired) electrons. The zero-order valence-electron chi connectivity index (χ0n) is 12.5. The number of hydrogen-bond acceptors (Lipinski definition) is 4. The van der Waals surface area contributed by atoms with E-state index in [-0.39, 0.29) is 12.0 Å². The maximum absolute atomic E-state index is 11.7. The lowest BCUT2D eigenvalue weighted by molar-refractivity contribution is -0.153. The summed E-state index contributed by atoms with van der Waals surface area (Å²) in [5.41, 5.74) is 0.911. The Hall–Kier alpha value is -1.26. The number of carbonyl (C=O) groups excluding carboxylic acids is 1. The zero-order valence-corrected chi connectivity index (χ0v) is 13.2. The SMILES string of the molecule is CCOC(=O)C(O)c1cc(Cl)cc(C(C)(C)C)c1OC. The lowest BCUT2D eigenvalue weighted by atomic mass is 9.84. The molecule has 4 nitrogen and oxygen atoms in total. The topological polar surface area (TPSA) is 55.8 Å². The van der Waals surface area contributed by atoms with Gasteiger partial charge in [-0.2, -0.15) is 0 Å². The molecular weight excluding hydrogens is 280 g/mol. The number of halogens is 1. The first-order valence-corrected chi connectivity index (χ1v) is 6.82. The molecular formula is C15H21ClO4. The Kier molecular flexibility index (Phi) is 5.42. The molecule has 0 heterocycles. The summed E-state index contributed by atoms with van der Waals surface area (Å²) < 4.78 is 10.2. The molecule has 0 aromatic heterocycles. The summed E-state index contributed by atoms with van der Waals surface area (Å²) >= 11 is 6.09. The first-order valence-electron chi connectivity index (χ1n) is 6.45. The fourth-order valence-electron chi connectivity index (χ4n) is 1.95. The summed E-state index contributed by atoms with van der Waals surface area (Å²) in [7, 11) is 1.50. The van der Waals surface area contributed by atoms with Crippen molar-refractivity contribution in [2.45, 2.75) is 39.2 Å². The Morgan fingerprint density at radius 1 is 1.40 bits per heavy atom. The number of hydrogen-bond donors (Lipinski definition) is 1. The number of rotatable bonds is 4. The van der Waals surface area contributed by atoms with Crippen LogP contribution in [0.15, 0.2) is 12.1 Å². The van der Waals surface area contributed by atoms with Gasteiger partial charge in [-0.15, -0.1) is 0 Å². The van der Waals surface area contributed by atoms with Gasteiger partial charge in [0.1, 0.15) is 5.75 Å². The molecule has 1 N–H and O–H groups in total. The number of aliphatic hydroxyl groups excluding tert-OH is 1. The van der Waals surface area contributed by atoms with Crippen molar-refractivity contribution in [2.24, 2.45) is 0 Å². The first-order chi connectivity index (χ1) is 9.22. The molecule has 0 fully saturated rings.